The van der Waals surface area contributed by atoms with Crippen LogP contribution in [0, 0.1) is 11.8 Å². The highest BCUT2D eigenvalue weighted by atomic mass is 35.5. The Morgan fingerprint density at radius 3 is 2.33 bits per heavy atom. The predicted octanol–water partition coefficient (Wildman–Crippen LogP) is 4.63. The quantitative estimate of drug-likeness (QED) is 0.153. The minimum atomic E-state index is -1.64. The molecule has 1 fully saturated rings. The second-order valence-corrected chi connectivity index (χ2v) is 12.8. The number of benzene rings is 1. The summed E-state index contributed by atoms with van der Waals surface area (Å²) in [7, 11) is 0. The zero-order valence-electron chi connectivity index (χ0n) is 21.8. The summed E-state index contributed by atoms with van der Waals surface area (Å²) in [5.41, 5.74) is 1.03. The van der Waals surface area contributed by atoms with Gasteiger partial charge in [-0.25, -0.2) is 4.79 Å². The van der Waals surface area contributed by atoms with Crippen LogP contribution >= 0.6 is 46.1 Å². The minimum Gasteiger partial charge on any atom is -0.459 e. The molecule has 39 heavy (non-hydrogen) atoms. The average molecular weight is 624 g/mol. The number of esters is 1. The van der Waals surface area contributed by atoms with Gasteiger partial charge in [-0.05, 0) is 92.7 Å². The number of aliphatic hydroxyl groups excluding tert-OH is 5. The van der Waals surface area contributed by atoms with E-state index in [1.165, 1.54) is 11.3 Å². The zero-order chi connectivity index (χ0) is 28.7. The molecule has 0 radical (unpaired) electrons. The van der Waals surface area contributed by atoms with Crippen LogP contribution in [-0.2, 0) is 17.6 Å². The molecule has 1 aromatic heterocycles. The first-order valence-corrected chi connectivity index (χ1v) is 15.3. The van der Waals surface area contributed by atoms with Crippen LogP contribution in [0.4, 0.5) is 0 Å². The van der Waals surface area contributed by atoms with E-state index in [0.717, 1.165) is 42.5 Å². The molecule has 218 valence electrons. The Morgan fingerprint density at radius 1 is 1.00 bits per heavy atom. The van der Waals surface area contributed by atoms with Gasteiger partial charge < -0.3 is 30.3 Å². The number of hydrogen-bond donors (Lipinski definition) is 5. The topological polar surface area (TPSA) is 127 Å². The van der Waals surface area contributed by atoms with Gasteiger partial charge >= 0.3 is 5.97 Å². The molecular formula is C28H37Cl3O7S. The fraction of sp³-hybridized carbons (Fsp3) is 0.607. The van der Waals surface area contributed by atoms with Gasteiger partial charge in [0.05, 0.1) is 12.2 Å². The van der Waals surface area contributed by atoms with E-state index >= 15 is 0 Å². The van der Waals surface area contributed by atoms with Gasteiger partial charge in [0.15, 0.2) is 0 Å². The molecule has 1 aliphatic carbocycles. The maximum atomic E-state index is 12.4. The highest BCUT2D eigenvalue weighted by Gasteiger charge is 2.40. The number of halogens is 3. The normalized spacial score (nSPS) is 24.3. The van der Waals surface area contributed by atoms with Gasteiger partial charge in [-0.1, -0.05) is 30.1 Å². The monoisotopic (exact) mass is 622 g/mol. The molecule has 8 atom stereocenters. The molecule has 1 saturated carbocycles. The lowest BCUT2D eigenvalue weighted by molar-refractivity contribution is -0.116. The van der Waals surface area contributed by atoms with Crippen LogP contribution in [-0.4, -0.2) is 74.0 Å². The first kappa shape index (κ1) is 32.6. The summed E-state index contributed by atoms with van der Waals surface area (Å²) in [4.78, 5) is 13.8. The van der Waals surface area contributed by atoms with Crippen LogP contribution < -0.4 is 0 Å². The first-order valence-electron chi connectivity index (χ1n) is 13.2. The molecule has 5 N–H and O–H groups in total. The van der Waals surface area contributed by atoms with Gasteiger partial charge in [0.25, 0.3) is 0 Å². The summed E-state index contributed by atoms with van der Waals surface area (Å²) in [5.74, 6) is -0.378. The number of alkyl halides is 1. The molecule has 0 unspecified atom stereocenters. The summed E-state index contributed by atoms with van der Waals surface area (Å²) in [6.07, 6.45) is -1.60. The van der Waals surface area contributed by atoms with Gasteiger partial charge in [0.1, 0.15) is 29.8 Å². The van der Waals surface area contributed by atoms with Crippen LogP contribution in [0.5, 0.6) is 0 Å². The lowest BCUT2D eigenvalue weighted by atomic mass is 9.85. The largest absolute Gasteiger partial charge is 0.459 e. The number of aryl methyl sites for hydroxylation is 2. The van der Waals surface area contributed by atoms with Crippen molar-refractivity contribution in [3.63, 3.8) is 0 Å². The minimum absolute atomic E-state index is 0.0814. The van der Waals surface area contributed by atoms with Gasteiger partial charge in [-0.2, -0.15) is 0 Å². The van der Waals surface area contributed by atoms with Crippen molar-refractivity contribution in [1.82, 2.24) is 0 Å². The number of carbonyl (C=O) groups excluding carboxylic acids is 1. The predicted molar refractivity (Wildman–Crippen MR) is 154 cm³/mol. The SMILES string of the molecule is CC[C@@H](O)[C@H](O)[C@H](O)[C@H](O)COC(=O)c1ccc(CCC[C@@H]2[C@@H](CCc3cc(Cl)cc(Cl)c3)[C@H](O)C[C@H]2Cl)s1. The molecule has 2 aromatic rings. The molecule has 0 aliphatic heterocycles. The van der Waals surface area contributed by atoms with E-state index in [9.17, 15) is 30.3 Å². The van der Waals surface area contributed by atoms with Crippen molar-refractivity contribution < 1.29 is 35.1 Å². The number of carbonyl (C=O) groups is 1. The van der Waals surface area contributed by atoms with Crippen molar-refractivity contribution in [2.24, 2.45) is 11.8 Å². The van der Waals surface area contributed by atoms with Crippen molar-refractivity contribution >= 4 is 52.1 Å². The van der Waals surface area contributed by atoms with Gasteiger partial charge in [0, 0.05) is 20.3 Å². The van der Waals surface area contributed by atoms with E-state index in [-0.39, 0.29) is 23.6 Å². The number of rotatable bonds is 14. The molecule has 7 nitrogen and oxygen atoms in total. The lowest BCUT2D eigenvalue weighted by Gasteiger charge is -2.25. The molecule has 1 aliphatic rings. The second-order valence-electron chi connectivity index (χ2n) is 10.2. The number of ether oxygens (including phenoxy) is 1. The number of hydrogen-bond acceptors (Lipinski definition) is 8. The Balaban J connectivity index is 1.46. The third-order valence-corrected chi connectivity index (χ3v) is 9.49. The fourth-order valence-corrected chi connectivity index (χ4v) is 7.20. The molecule has 0 spiro atoms. The molecule has 3 rings (SSSR count). The Kier molecular flexibility index (Phi) is 12.8. The molecule has 1 heterocycles. The molecule has 0 amide bonds. The lowest BCUT2D eigenvalue weighted by Crippen LogP contribution is -2.46. The fourth-order valence-electron chi connectivity index (χ4n) is 5.19. The van der Waals surface area contributed by atoms with Gasteiger partial charge in [0.2, 0.25) is 0 Å². The standard InChI is InChI=1S/C28H37Cl3O7S/c1-2-22(32)26(35)27(36)24(34)14-38-28(37)25-9-7-18(39-25)4-3-5-19-20(23(33)13-21(19)31)8-6-15-10-16(29)12-17(30)11-15/h7,9-12,19-24,26-27,32-36H,2-6,8,13-14H2,1H3/t19-,20-,21-,22-,23-,24-,26+,27-/m1/s1. The summed E-state index contributed by atoms with van der Waals surface area (Å²) in [5, 5.41) is 51.1. The van der Waals surface area contributed by atoms with Crippen LogP contribution in [0.1, 0.15) is 59.1 Å². The van der Waals surface area contributed by atoms with E-state index in [2.05, 4.69) is 0 Å². The van der Waals surface area contributed by atoms with Crippen molar-refractivity contribution in [2.45, 2.75) is 87.8 Å². The van der Waals surface area contributed by atoms with E-state index in [0.29, 0.717) is 21.3 Å². The summed E-state index contributed by atoms with van der Waals surface area (Å²) < 4.78 is 5.10. The smallest absolute Gasteiger partial charge is 0.348 e. The van der Waals surface area contributed by atoms with E-state index in [1.54, 1.807) is 19.1 Å². The Bertz CT molecular complexity index is 1050. The highest BCUT2D eigenvalue weighted by molar-refractivity contribution is 7.13. The van der Waals surface area contributed by atoms with Gasteiger partial charge in [-0.3, -0.25) is 0 Å². The van der Waals surface area contributed by atoms with Crippen molar-refractivity contribution in [3.8, 4) is 0 Å². The number of aliphatic hydroxyl groups is 5. The molecule has 0 bridgehead atoms. The Labute approximate surface area is 248 Å². The van der Waals surface area contributed by atoms with Crippen molar-refractivity contribution in [3.05, 3.63) is 55.7 Å². The van der Waals surface area contributed by atoms with Gasteiger partial charge in [-0.15, -0.1) is 22.9 Å². The summed E-state index contributed by atoms with van der Waals surface area (Å²) >= 11 is 20.2. The summed E-state index contributed by atoms with van der Waals surface area (Å²) in [6.45, 7) is 1.12. The zero-order valence-corrected chi connectivity index (χ0v) is 24.8. The maximum Gasteiger partial charge on any atom is 0.348 e. The van der Waals surface area contributed by atoms with E-state index in [4.69, 9.17) is 39.5 Å². The second kappa shape index (κ2) is 15.3. The first-order chi connectivity index (χ1) is 18.5. The third-order valence-electron chi connectivity index (χ3n) is 7.43. The molecular weight excluding hydrogens is 587 g/mol. The van der Waals surface area contributed by atoms with Crippen LogP contribution in [0.15, 0.2) is 30.3 Å². The van der Waals surface area contributed by atoms with E-state index < -0.39 is 43.1 Å². The van der Waals surface area contributed by atoms with Crippen LogP contribution in [0.25, 0.3) is 0 Å². The average Bonchev–Trinajstić information content (AvgIpc) is 3.47. The molecule has 11 heteroatoms. The molecule has 0 saturated heterocycles. The third kappa shape index (κ3) is 9.28. The Hall–Kier alpha value is -0.940. The van der Waals surface area contributed by atoms with Crippen LogP contribution in [0.3, 0.4) is 0 Å². The summed E-state index contributed by atoms with van der Waals surface area (Å²) in [6, 6.07) is 9.00. The molecule has 1 aromatic carbocycles. The van der Waals surface area contributed by atoms with Crippen LogP contribution in [0.2, 0.25) is 10.0 Å². The highest BCUT2D eigenvalue weighted by Crippen LogP contribution is 2.42. The Morgan fingerprint density at radius 2 is 1.67 bits per heavy atom. The van der Waals surface area contributed by atoms with Crippen molar-refractivity contribution in [1.29, 1.82) is 0 Å². The maximum absolute atomic E-state index is 12.4. The number of thiophene rings is 1. The van der Waals surface area contributed by atoms with E-state index in [1.807, 2.05) is 18.2 Å². The van der Waals surface area contributed by atoms with Crippen molar-refractivity contribution in [2.75, 3.05) is 6.61 Å².